The van der Waals surface area contributed by atoms with Gasteiger partial charge in [-0.1, -0.05) is 32.3 Å². The Morgan fingerprint density at radius 1 is 1.11 bits per heavy atom. The Kier molecular flexibility index (Phi) is 6.84. The third-order valence-electron chi connectivity index (χ3n) is 2.96. The summed E-state index contributed by atoms with van der Waals surface area (Å²) in [4.78, 5) is 12.6. The predicted molar refractivity (Wildman–Crippen MR) is 70.4 cm³/mol. The van der Waals surface area contributed by atoms with Crippen molar-refractivity contribution in [2.24, 2.45) is 0 Å². The molecule has 1 N–H and O–H groups in total. The maximum atomic E-state index is 11.1. The van der Waals surface area contributed by atoms with E-state index in [1.807, 2.05) is 35.2 Å². The Morgan fingerprint density at radius 2 is 1.83 bits per heavy atom. The lowest BCUT2D eigenvalue weighted by Crippen LogP contribution is -2.42. The number of unbranched alkanes of at least 4 members (excludes halogenated alkanes) is 3. The highest BCUT2D eigenvalue weighted by molar-refractivity contribution is 5.64. The smallest absolute Gasteiger partial charge is 0.407 e. The van der Waals surface area contributed by atoms with E-state index >= 15 is 0 Å². The third-order valence-corrected chi connectivity index (χ3v) is 2.96. The molecule has 0 unspecified atom stereocenters. The number of pyridine rings is 1. The number of hydrogen-bond acceptors (Lipinski definition) is 1. The molecule has 4 heteroatoms. The Bertz CT molecular complexity index is 341. The van der Waals surface area contributed by atoms with E-state index in [0.29, 0.717) is 19.6 Å². The monoisotopic (exact) mass is 251 g/mol. The lowest BCUT2D eigenvalue weighted by molar-refractivity contribution is -0.696. The topological polar surface area (TPSA) is 44.4 Å². The summed E-state index contributed by atoms with van der Waals surface area (Å²) >= 11 is 0. The highest BCUT2D eigenvalue weighted by Gasteiger charge is 2.12. The molecule has 1 amide bonds. The van der Waals surface area contributed by atoms with E-state index in [9.17, 15) is 4.79 Å². The van der Waals surface area contributed by atoms with Crippen molar-refractivity contribution >= 4 is 6.09 Å². The van der Waals surface area contributed by atoms with Crippen molar-refractivity contribution in [2.45, 2.75) is 39.2 Å². The first-order valence-electron chi connectivity index (χ1n) is 6.66. The van der Waals surface area contributed by atoms with E-state index in [-0.39, 0.29) is 0 Å². The molecule has 1 rings (SSSR count). The number of carbonyl (C=O) groups is 1. The Balaban J connectivity index is 2.32. The van der Waals surface area contributed by atoms with Gasteiger partial charge in [-0.25, -0.2) is 9.36 Å². The summed E-state index contributed by atoms with van der Waals surface area (Å²) in [6.45, 7) is 4.06. The zero-order valence-corrected chi connectivity index (χ0v) is 11.1. The summed E-state index contributed by atoms with van der Waals surface area (Å²) in [6.07, 6.45) is 7.52. The molecule has 0 saturated heterocycles. The van der Waals surface area contributed by atoms with E-state index in [4.69, 9.17) is 5.11 Å². The van der Waals surface area contributed by atoms with E-state index in [1.54, 1.807) is 0 Å². The highest BCUT2D eigenvalue weighted by atomic mass is 16.4. The molecule has 0 aliphatic carbocycles. The molecule has 0 fully saturated rings. The second-order valence-electron chi connectivity index (χ2n) is 4.44. The molecule has 1 aromatic heterocycles. The molecular formula is C14H23N2O2+. The number of amides is 1. The molecule has 0 aromatic carbocycles. The molecule has 1 heterocycles. The van der Waals surface area contributed by atoms with Gasteiger partial charge >= 0.3 is 6.09 Å². The molecule has 0 spiro atoms. The molecule has 0 saturated carbocycles. The van der Waals surface area contributed by atoms with Crippen LogP contribution < -0.4 is 4.57 Å². The van der Waals surface area contributed by atoms with Crippen LogP contribution in [0.15, 0.2) is 30.6 Å². The van der Waals surface area contributed by atoms with Crippen molar-refractivity contribution in [1.29, 1.82) is 0 Å². The number of rotatable bonds is 8. The summed E-state index contributed by atoms with van der Waals surface area (Å²) in [5.74, 6) is 0. The van der Waals surface area contributed by atoms with Crippen molar-refractivity contribution in [3.63, 3.8) is 0 Å². The van der Waals surface area contributed by atoms with Crippen LogP contribution in [-0.4, -0.2) is 29.2 Å². The van der Waals surface area contributed by atoms with Gasteiger partial charge < -0.3 is 10.0 Å². The molecule has 0 bridgehead atoms. The summed E-state index contributed by atoms with van der Waals surface area (Å²) in [5, 5.41) is 9.12. The average Bonchev–Trinajstić information content (AvgIpc) is 2.38. The van der Waals surface area contributed by atoms with Crippen LogP contribution >= 0.6 is 0 Å². The van der Waals surface area contributed by atoms with Gasteiger partial charge in [0.15, 0.2) is 18.9 Å². The maximum Gasteiger partial charge on any atom is 0.407 e. The van der Waals surface area contributed by atoms with Gasteiger partial charge in [-0.3, -0.25) is 0 Å². The fourth-order valence-corrected chi connectivity index (χ4v) is 1.85. The zero-order chi connectivity index (χ0) is 13.2. The van der Waals surface area contributed by atoms with Gasteiger partial charge in [-0.15, -0.1) is 0 Å². The third kappa shape index (κ3) is 5.66. The summed E-state index contributed by atoms with van der Waals surface area (Å²) in [6, 6.07) is 5.86. The lowest BCUT2D eigenvalue weighted by Gasteiger charge is -2.17. The van der Waals surface area contributed by atoms with Crippen LogP contribution in [0.4, 0.5) is 4.79 Å². The van der Waals surface area contributed by atoms with Crippen molar-refractivity contribution < 1.29 is 14.5 Å². The van der Waals surface area contributed by atoms with E-state index in [1.165, 1.54) is 17.7 Å². The molecule has 0 atom stereocenters. The minimum Gasteiger partial charge on any atom is -0.465 e. The van der Waals surface area contributed by atoms with Crippen LogP contribution in [0.5, 0.6) is 0 Å². The average molecular weight is 251 g/mol. The quantitative estimate of drug-likeness (QED) is 0.570. The van der Waals surface area contributed by atoms with Crippen molar-refractivity contribution in [3.05, 3.63) is 30.6 Å². The van der Waals surface area contributed by atoms with E-state index in [2.05, 4.69) is 6.92 Å². The van der Waals surface area contributed by atoms with Gasteiger partial charge in [0.25, 0.3) is 0 Å². The summed E-state index contributed by atoms with van der Waals surface area (Å²) < 4.78 is 2.00. The molecule has 0 radical (unpaired) electrons. The van der Waals surface area contributed by atoms with Crippen molar-refractivity contribution in [3.8, 4) is 0 Å². The fourth-order valence-electron chi connectivity index (χ4n) is 1.85. The largest absolute Gasteiger partial charge is 0.465 e. The lowest BCUT2D eigenvalue weighted by atomic mass is 10.2. The van der Waals surface area contributed by atoms with Gasteiger partial charge in [0.1, 0.15) is 0 Å². The molecule has 0 aliphatic rings. The second-order valence-corrected chi connectivity index (χ2v) is 4.44. The van der Waals surface area contributed by atoms with Gasteiger partial charge in [-0.05, 0) is 6.42 Å². The first-order chi connectivity index (χ1) is 8.74. The molecule has 1 aromatic rings. The summed E-state index contributed by atoms with van der Waals surface area (Å²) in [7, 11) is 0. The Labute approximate surface area is 109 Å². The minimum absolute atomic E-state index is 0.552. The highest BCUT2D eigenvalue weighted by Crippen LogP contribution is 2.01. The van der Waals surface area contributed by atoms with Crippen LogP contribution in [0.3, 0.4) is 0 Å². The molecule has 4 nitrogen and oxygen atoms in total. The summed E-state index contributed by atoms with van der Waals surface area (Å²) in [5.41, 5.74) is 0. The van der Waals surface area contributed by atoms with Crippen LogP contribution in [0, 0.1) is 0 Å². The van der Waals surface area contributed by atoms with Gasteiger partial charge in [0.2, 0.25) is 0 Å². The Morgan fingerprint density at radius 3 is 2.44 bits per heavy atom. The normalized spacial score (nSPS) is 10.3. The van der Waals surface area contributed by atoms with Gasteiger partial charge in [-0.2, -0.15) is 0 Å². The number of hydrogen-bond donors (Lipinski definition) is 1. The van der Waals surface area contributed by atoms with Crippen molar-refractivity contribution in [2.75, 3.05) is 13.1 Å². The first kappa shape index (κ1) is 14.5. The first-order valence-corrected chi connectivity index (χ1v) is 6.66. The number of carboxylic acid groups (broad SMARTS) is 1. The molecule has 18 heavy (non-hydrogen) atoms. The zero-order valence-electron chi connectivity index (χ0n) is 11.1. The minimum atomic E-state index is -0.817. The SMILES string of the molecule is CCCCCCN(CC[n+]1ccccc1)C(=O)O. The van der Waals surface area contributed by atoms with Gasteiger partial charge in [0.05, 0.1) is 6.54 Å². The maximum absolute atomic E-state index is 11.1. The van der Waals surface area contributed by atoms with Crippen LogP contribution in [0.2, 0.25) is 0 Å². The van der Waals surface area contributed by atoms with Crippen LogP contribution in [0.25, 0.3) is 0 Å². The molecular weight excluding hydrogens is 228 g/mol. The van der Waals surface area contributed by atoms with Crippen LogP contribution in [0.1, 0.15) is 32.6 Å². The fraction of sp³-hybridized carbons (Fsp3) is 0.571. The number of aromatic nitrogens is 1. The number of nitrogens with zero attached hydrogens (tertiary/aromatic N) is 2. The molecule has 0 aliphatic heterocycles. The van der Waals surface area contributed by atoms with E-state index < -0.39 is 6.09 Å². The van der Waals surface area contributed by atoms with E-state index in [0.717, 1.165) is 12.8 Å². The second kappa shape index (κ2) is 8.50. The van der Waals surface area contributed by atoms with Crippen LogP contribution in [-0.2, 0) is 6.54 Å². The standard InChI is InChI=1S/C14H22N2O2/c1-2-3-4-8-11-16(14(17)18)13-12-15-9-6-5-7-10-15/h5-7,9-10H,2-4,8,11-13H2,1H3/p+1. The van der Waals surface area contributed by atoms with Gasteiger partial charge in [0, 0.05) is 18.7 Å². The predicted octanol–water partition coefficient (Wildman–Crippen LogP) is 2.53. The Hall–Kier alpha value is -1.58. The van der Waals surface area contributed by atoms with Crippen molar-refractivity contribution in [1.82, 2.24) is 4.90 Å². The molecule has 100 valence electrons.